The third kappa shape index (κ3) is 1.68. The van der Waals surface area contributed by atoms with Gasteiger partial charge in [-0.25, -0.2) is 0 Å². The smallest absolute Gasteiger partial charge is 0.0633 e. The molecule has 0 saturated carbocycles. The van der Waals surface area contributed by atoms with E-state index in [0.29, 0.717) is 6.54 Å². The molecule has 1 heterocycles. The van der Waals surface area contributed by atoms with Crippen molar-refractivity contribution in [3.8, 4) is 0 Å². The first-order valence-electron chi connectivity index (χ1n) is 3.61. The van der Waals surface area contributed by atoms with Crippen molar-refractivity contribution in [1.82, 2.24) is 9.78 Å². The third-order valence-corrected chi connectivity index (χ3v) is 1.59. The van der Waals surface area contributed by atoms with Crippen molar-refractivity contribution in [1.29, 1.82) is 0 Å². The molecule has 0 spiro atoms. The van der Waals surface area contributed by atoms with Gasteiger partial charge in [-0.3, -0.25) is 4.68 Å². The summed E-state index contributed by atoms with van der Waals surface area (Å²) in [6.45, 7) is 2.60. The van der Waals surface area contributed by atoms with E-state index in [1.807, 2.05) is 37.0 Å². The Morgan fingerprint density at radius 2 is 2.45 bits per heavy atom. The normalized spacial score (nSPS) is 11.2. The molecule has 3 heteroatoms. The van der Waals surface area contributed by atoms with Gasteiger partial charge >= 0.3 is 0 Å². The highest BCUT2D eigenvalue weighted by Gasteiger charge is 1.97. The molecule has 0 aliphatic carbocycles. The summed E-state index contributed by atoms with van der Waals surface area (Å²) in [7, 11) is 1.92. The standard InChI is InChI=1S/C8H13N3/c1-7-6-10-11(2)8(7)4-3-5-9/h3-4,6H,5,9H2,1-2H3/b4-3+. The summed E-state index contributed by atoms with van der Waals surface area (Å²) < 4.78 is 1.83. The fraction of sp³-hybridized carbons (Fsp3) is 0.375. The average molecular weight is 151 g/mol. The van der Waals surface area contributed by atoms with Crippen LogP contribution in [0.4, 0.5) is 0 Å². The van der Waals surface area contributed by atoms with Gasteiger partial charge in [0.25, 0.3) is 0 Å². The van der Waals surface area contributed by atoms with Crippen LogP contribution >= 0.6 is 0 Å². The van der Waals surface area contributed by atoms with Gasteiger partial charge in [0.05, 0.1) is 11.9 Å². The molecular weight excluding hydrogens is 138 g/mol. The summed E-state index contributed by atoms with van der Waals surface area (Å²) in [5, 5.41) is 4.09. The molecule has 0 atom stereocenters. The van der Waals surface area contributed by atoms with Crippen LogP contribution in [0.5, 0.6) is 0 Å². The maximum Gasteiger partial charge on any atom is 0.0633 e. The van der Waals surface area contributed by atoms with Crippen molar-refractivity contribution in [2.24, 2.45) is 12.8 Å². The van der Waals surface area contributed by atoms with Crippen LogP contribution in [0.2, 0.25) is 0 Å². The molecule has 0 fully saturated rings. The van der Waals surface area contributed by atoms with E-state index in [1.165, 1.54) is 5.56 Å². The van der Waals surface area contributed by atoms with Crippen LogP contribution in [0.1, 0.15) is 11.3 Å². The zero-order chi connectivity index (χ0) is 8.27. The van der Waals surface area contributed by atoms with Crippen molar-refractivity contribution in [3.63, 3.8) is 0 Å². The van der Waals surface area contributed by atoms with E-state index in [9.17, 15) is 0 Å². The van der Waals surface area contributed by atoms with Crippen LogP contribution in [-0.4, -0.2) is 16.3 Å². The SMILES string of the molecule is Cc1cnn(C)c1/C=C/CN. The predicted octanol–water partition coefficient (Wildman–Crippen LogP) is 0.700. The quantitative estimate of drug-likeness (QED) is 0.676. The number of rotatable bonds is 2. The Labute approximate surface area is 66.5 Å². The fourth-order valence-corrected chi connectivity index (χ4v) is 0.976. The minimum absolute atomic E-state index is 0.574. The van der Waals surface area contributed by atoms with Gasteiger partial charge in [0.2, 0.25) is 0 Å². The van der Waals surface area contributed by atoms with E-state index < -0.39 is 0 Å². The Hall–Kier alpha value is -1.09. The Kier molecular flexibility index (Phi) is 2.44. The summed E-state index contributed by atoms with van der Waals surface area (Å²) in [5.41, 5.74) is 7.63. The number of hydrogen-bond donors (Lipinski definition) is 1. The van der Waals surface area contributed by atoms with E-state index in [1.54, 1.807) is 0 Å². The van der Waals surface area contributed by atoms with Gasteiger partial charge in [-0.15, -0.1) is 0 Å². The monoisotopic (exact) mass is 151 g/mol. The van der Waals surface area contributed by atoms with E-state index in [0.717, 1.165) is 5.69 Å². The first kappa shape index (κ1) is 8.01. The summed E-state index contributed by atoms with van der Waals surface area (Å²) >= 11 is 0. The Morgan fingerprint density at radius 1 is 1.73 bits per heavy atom. The van der Waals surface area contributed by atoms with Crippen LogP contribution in [0.25, 0.3) is 6.08 Å². The van der Waals surface area contributed by atoms with Gasteiger partial charge in [-0.1, -0.05) is 6.08 Å². The van der Waals surface area contributed by atoms with Gasteiger partial charge in [0, 0.05) is 13.6 Å². The second kappa shape index (κ2) is 3.34. The number of nitrogens with two attached hydrogens (primary N) is 1. The highest BCUT2D eigenvalue weighted by atomic mass is 15.3. The maximum atomic E-state index is 5.33. The third-order valence-electron chi connectivity index (χ3n) is 1.59. The van der Waals surface area contributed by atoms with Gasteiger partial charge < -0.3 is 5.73 Å². The van der Waals surface area contributed by atoms with Crippen LogP contribution in [0.3, 0.4) is 0 Å². The zero-order valence-electron chi connectivity index (χ0n) is 6.91. The second-order valence-electron chi connectivity index (χ2n) is 2.47. The fourth-order valence-electron chi connectivity index (χ4n) is 0.976. The van der Waals surface area contributed by atoms with Gasteiger partial charge in [0.15, 0.2) is 0 Å². The first-order chi connectivity index (χ1) is 5.25. The lowest BCUT2D eigenvalue weighted by Gasteiger charge is -1.94. The van der Waals surface area contributed by atoms with E-state index in [2.05, 4.69) is 5.10 Å². The maximum absolute atomic E-state index is 5.33. The number of hydrogen-bond acceptors (Lipinski definition) is 2. The van der Waals surface area contributed by atoms with E-state index in [4.69, 9.17) is 5.73 Å². The zero-order valence-corrected chi connectivity index (χ0v) is 6.91. The highest BCUT2D eigenvalue weighted by molar-refractivity contribution is 5.48. The van der Waals surface area contributed by atoms with Crippen molar-refractivity contribution >= 4 is 6.08 Å². The average Bonchev–Trinajstić information content (AvgIpc) is 2.29. The molecule has 0 aromatic carbocycles. The lowest BCUT2D eigenvalue weighted by molar-refractivity contribution is 0.759. The van der Waals surface area contributed by atoms with Crippen LogP contribution in [0, 0.1) is 6.92 Å². The molecule has 11 heavy (non-hydrogen) atoms. The first-order valence-corrected chi connectivity index (χ1v) is 3.61. The van der Waals surface area contributed by atoms with Crippen LogP contribution in [-0.2, 0) is 7.05 Å². The molecule has 0 aliphatic rings. The van der Waals surface area contributed by atoms with Crippen molar-refractivity contribution in [3.05, 3.63) is 23.5 Å². The molecule has 1 aromatic heterocycles. The number of aromatic nitrogens is 2. The van der Waals surface area contributed by atoms with Crippen molar-refractivity contribution < 1.29 is 0 Å². The number of nitrogens with zero attached hydrogens (tertiary/aromatic N) is 2. The molecule has 60 valence electrons. The topological polar surface area (TPSA) is 43.8 Å². The minimum Gasteiger partial charge on any atom is -0.327 e. The van der Waals surface area contributed by atoms with Gasteiger partial charge in [-0.2, -0.15) is 5.10 Å². The molecule has 0 amide bonds. The molecule has 2 N–H and O–H groups in total. The minimum atomic E-state index is 0.574. The summed E-state index contributed by atoms with van der Waals surface area (Å²) in [5.74, 6) is 0. The van der Waals surface area contributed by atoms with E-state index in [-0.39, 0.29) is 0 Å². The summed E-state index contributed by atoms with van der Waals surface area (Å²) in [6.07, 6.45) is 5.75. The molecule has 0 bridgehead atoms. The molecule has 1 aromatic rings. The lowest BCUT2D eigenvalue weighted by atomic mass is 10.2. The molecule has 1 rings (SSSR count). The Bertz CT molecular complexity index is 241. The van der Waals surface area contributed by atoms with Gasteiger partial charge in [0.1, 0.15) is 0 Å². The van der Waals surface area contributed by atoms with Crippen LogP contribution in [0.15, 0.2) is 12.3 Å². The molecular formula is C8H13N3. The second-order valence-corrected chi connectivity index (χ2v) is 2.47. The number of aryl methyl sites for hydroxylation is 2. The molecule has 0 saturated heterocycles. The summed E-state index contributed by atoms with van der Waals surface area (Å²) in [6, 6.07) is 0. The predicted molar refractivity (Wildman–Crippen MR) is 46.0 cm³/mol. The Morgan fingerprint density at radius 3 is 2.91 bits per heavy atom. The van der Waals surface area contributed by atoms with Crippen molar-refractivity contribution in [2.45, 2.75) is 6.92 Å². The molecule has 0 radical (unpaired) electrons. The molecule has 0 unspecified atom stereocenters. The largest absolute Gasteiger partial charge is 0.327 e. The van der Waals surface area contributed by atoms with Crippen molar-refractivity contribution in [2.75, 3.05) is 6.54 Å². The van der Waals surface area contributed by atoms with Gasteiger partial charge in [-0.05, 0) is 18.6 Å². The van der Waals surface area contributed by atoms with Crippen LogP contribution < -0.4 is 5.73 Å². The lowest BCUT2D eigenvalue weighted by Crippen LogP contribution is -1.96. The summed E-state index contributed by atoms with van der Waals surface area (Å²) in [4.78, 5) is 0. The Balaban J connectivity index is 2.92. The molecule has 0 aliphatic heterocycles. The highest BCUT2D eigenvalue weighted by Crippen LogP contribution is 2.06. The van der Waals surface area contributed by atoms with E-state index >= 15 is 0 Å². The molecule has 3 nitrogen and oxygen atoms in total.